The Bertz CT molecular complexity index is 1540. The number of rotatable bonds is 6. The van der Waals surface area contributed by atoms with Crippen LogP contribution in [0.5, 0.6) is 11.5 Å². The maximum Gasteiger partial charge on any atom is 0.332 e. The van der Waals surface area contributed by atoms with Gasteiger partial charge in [-0.15, -0.1) is 0 Å². The summed E-state index contributed by atoms with van der Waals surface area (Å²) in [7, 11) is 4.42. The van der Waals surface area contributed by atoms with Gasteiger partial charge in [0.05, 0.1) is 24.3 Å². The number of phenolic OH excluding ortho intramolecular Hbond substituents is 1. The normalized spacial score (nSPS) is 11.4. The van der Waals surface area contributed by atoms with Crippen molar-refractivity contribution in [1.29, 1.82) is 0 Å². The maximum absolute atomic E-state index is 13.0. The van der Waals surface area contributed by atoms with Crippen molar-refractivity contribution in [1.82, 2.24) is 18.7 Å². The second kappa shape index (κ2) is 9.35. The molecule has 12 heteroatoms. The number of nitrogens with one attached hydrogen (secondary N) is 1. The van der Waals surface area contributed by atoms with Crippen LogP contribution in [0.3, 0.4) is 0 Å². The highest BCUT2D eigenvalue weighted by molar-refractivity contribution is 9.10. The lowest BCUT2D eigenvalue weighted by Crippen LogP contribution is -2.37. The molecule has 4 aromatic rings. The molecular weight excluding hydrogens is 528 g/mol. The van der Waals surface area contributed by atoms with Gasteiger partial charge >= 0.3 is 5.69 Å². The summed E-state index contributed by atoms with van der Waals surface area (Å²) in [6.45, 7) is 0.289. The molecule has 0 aliphatic carbocycles. The molecule has 2 aromatic heterocycles. The smallest absolute Gasteiger partial charge is 0.332 e. The van der Waals surface area contributed by atoms with E-state index in [1.54, 1.807) is 35.9 Å². The van der Waals surface area contributed by atoms with E-state index in [-0.39, 0.29) is 35.2 Å². The lowest BCUT2D eigenvalue weighted by molar-refractivity contribution is 0.372. The third-order valence-corrected chi connectivity index (χ3v) is 6.11. The lowest BCUT2D eigenvalue weighted by Gasteiger charge is -2.09. The zero-order chi connectivity index (χ0) is 24.6. The minimum Gasteiger partial charge on any atom is -0.503 e. The van der Waals surface area contributed by atoms with Crippen LogP contribution in [0.15, 0.2) is 55.6 Å². The molecule has 0 saturated heterocycles. The van der Waals surface area contributed by atoms with Gasteiger partial charge in [0.1, 0.15) is 0 Å². The van der Waals surface area contributed by atoms with Crippen molar-refractivity contribution in [3.05, 3.63) is 77.9 Å². The summed E-state index contributed by atoms with van der Waals surface area (Å²) in [5.41, 5.74) is 3.91. The molecule has 0 bridgehead atoms. The largest absolute Gasteiger partial charge is 0.503 e. The average Bonchev–Trinajstić information content (AvgIpc) is 3.18. The predicted molar refractivity (Wildman–Crippen MR) is 134 cm³/mol. The highest BCUT2D eigenvalue weighted by Gasteiger charge is 2.19. The number of imidazole rings is 1. The standard InChI is InChI=1S/C22H20BrClN6O4/c1-28-19-17(20(32)29(2)22(28)33)30(11-12-4-6-14(24)7-5-12)21(26-19)27-25-10-13-8-15(23)18(31)16(9-13)34-3/h4-10,31H,11H2,1-3H3,(H,26,27)/b25-10-. The van der Waals surface area contributed by atoms with Gasteiger partial charge < -0.3 is 9.84 Å². The number of nitrogens with zero attached hydrogens (tertiary/aromatic N) is 5. The van der Waals surface area contributed by atoms with Gasteiger partial charge in [-0.25, -0.2) is 10.2 Å². The number of methoxy groups -OCH3 is 1. The number of hydrogen-bond donors (Lipinski definition) is 2. The van der Waals surface area contributed by atoms with Crippen molar-refractivity contribution in [2.24, 2.45) is 19.2 Å². The molecule has 2 aromatic carbocycles. The van der Waals surface area contributed by atoms with Crippen LogP contribution >= 0.6 is 27.5 Å². The SMILES string of the molecule is COc1cc(/C=N\Nc2nc3c(c(=O)n(C)c(=O)n3C)n2Cc2ccc(Cl)cc2)cc(Br)c1O. The summed E-state index contributed by atoms with van der Waals surface area (Å²) in [6.07, 6.45) is 1.51. The van der Waals surface area contributed by atoms with E-state index < -0.39 is 11.2 Å². The Kier molecular flexibility index (Phi) is 6.49. The van der Waals surface area contributed by atoms with Crippen molar-refractivity contribution in [2.75, 3.05) is 12.5 Å². The third kappa shape index (κ3) is 4.31. The van der Waals surface area contributed by atoms with Crippen LogP contribution in [0.25, 0.3) is 11.2 Å². The van der Waals surface area contributed by atoms with E-state index >= 15 is 0 Å². The molecule has 4 rings (SSSR count). The molecule has 0 atom stereocenters. The number of aromatic hydroxyl groups is 1. The minimum absolute atomic E-state index is 0.0193. The fourth-order valence-corrected chi connectivity index (χ4v) is 4.03. The number of aryl methyl sites for hydroxylation is 1. The van der Waals surface area contributed by atoms with Crippen LogP contribution in [0.4, 0.5) is 5.95 Å². The average molecular weight is 548 g/mol. The quantitative estimate of drug-likeness (QED) is 0.283. The van der Waals surface area contributed by atoms with E-state index in [0.29, 0.717) is 15.1 Å². The zero-order valence-electron chi connectivity index (χ0n) is 18.4. The summed E-state index contributed by atoms with van der Waals surface area (Å²) in [4.78, 5) is 29.9. The number of halogens is 2. The second-order valence-electron chi connectivity index (χ2n) is 7.45. The van der Waals surface area contributed by atoms with Gasteiger partial charge in [-0.05, 0) is 51.3 Å². The predicted octanol–water partition coefficient (Wildman–Crippen LogP) is 3.06. The Balaban J connectivity index is 1.79. The van der Waals surface area contributed by atoms with Crippen LogP contribution in [0, 0.1) is 0 Å². The Morgan fingerprint density at radius 3 is 2.59 bits per heavy atom. The van der Waals surface area contributed by atoms with Crippen LogP contribution in [-0.2, 0) is 20.6 Å². The summed E-state index contributed by atoms with van der Waals surface area (Å²) in [5.74, 6) is 0.530. The molecule has 0 aliphatic rings. The van der Waals surface area contributed by atoms with E-state index in [4.69, 9.17) is 16.3 Å². The van der Waals surface area contributed by atoms with E-state index in [2.05, 4.69) is 31.4 Å². The van der Waals surface area contributed by atoms with E-state index in [1.807, 2.05) is 12.1 Å². The van der Waals surface area contributed by atoms with Crippen LogP contribution in [-0.4, -0.2) is 37.1 Å². The number of hydrazone groups is 1. The maximum atomic E-state index is 13.0. The Morgan fingerprint density at radius 2 is 1.91 bits per heavy atom. The summed E-state index contributed by atoms with van der Waals surface area (Å²) in [6, 6.07) is 10.5. The molecule has 10 nitrogen and oxygen atoms in total. The van der Waals surface area contributed by atoms with Crippen molar-refractivity contribution in [3.63, 3.8) is 0 Å². The molecular formula is C22H20BrClN6O4. The second-order valence-corrected chi connectivity index (χ2v) is 8.74. The topological polar surface area (TPSA) is 116 Å². The first kappa shape index (κ1) is 23.6. The van der Waals surface area contributed by atoms with Gasteiger partial charge in [0.2, 0.25) is 5.95 Å². The van der Waals surface area contributed by atoms with E-state index in [0.717, 1.165) is 10.1 Å². The highest BCUT2D eigenvalue weighted by atomic mass is 79.9. The van der Waals surface area contributed by atoms with Gasteiger partial charge in [0, 0.05) is 19.1 Å². The third-order valence-electron chi connectivity index (χ3n) is 5.25. The molecule has 0 spiro atoms. The van der Waals surface area contributed by atoms with Crippen molar-refractivity contribution >= 4 is 50.9 Å². The first-order valence-corrected chi connectivity index (χ1v) is 11.1. The lowest BCUT2D eigenvalue weighted by atomic mass is 10.2. The molecule has 0 saturated carbocycles. The number of aromatic nitrogens is 4. The first-order chi connectivity index (χ1) is 16.2. The van der Waals surface area contributed by atoms with Gasteiger partial charge in [0.25, 0.3) is 5.56 Å². The monoisotopic (exact) mass is 546 g/mol. The summed E-state index contributed by atoms with van der Waals surface area (Å²) >= 11 is 9.28. The summed E-state index contributed by atoms with van der Waals surface area (Å²) < 4.78 is 9.61. The number of ether oxygens (including phenoxy) is 1. The molecule has 2 heterocycles. The van der Waals surface area contributed by atoms with Crippen LogP contribution in [0.1, 0.15) is 11.1 Å². The van der Waals surface area contributed by atoms with E-state index in [9.17, 15) is 14.7 Å². The van der Waals surface area contributed by atoms with Crippen molar-refractivity contribution < 1.29 is 9.84 Å². The molecule has 0 unspecified atom stereocenters. The number of benzene rings is 2. The molecule has 0 amide bonds. The Labute approximate surface area is 206 Å². The fourth-order valence-electron chi connectivity index (χ4n) is 3.45. The molecule has 0 radical (unpaired) electrons. The van der Waals surface area contributed by atoms with Crippen LogP contribution in [0.2, 0.25) is 5.02 Å². The first-order valence-electron chi connectivity index (χ1n) is 9.97. The fraction of sp³-hybridized carbons (Fsp3) is 0.182. The minimum atomic E-state index is -0.482. The number of anilines is 1. The summed E-state index contributed by atoms with van der Waals surface area (Å²) in [5, 5.41) is 14.8. The molecule has 176 valence electrons. The Hall–Kier alpha value is -3.57. The van der Waals surface area contributed by atoms with Crippen LogP contribution < -0.4 is 21.4 Å². The van der Waals surface area contributed by atoms with Gasteiger partial charge in [-0.2, -0.15) is 10.1 Å². The van der Waals surface area contributed by atoms with Crippen molar-refractivity contribution in [3.8, 4) is 11.5 Å². The van der Waals surface area contributed by atoms with Gasteiger partial charge in [0.15, 0.2) is 22.7 Å². The number of fused-ring (bicyclic) bond motifs is 1. The van der Waals surface area contributed by atoms with Crippen molar-refractivity contribution in [2.45, 2.75) is 6.54 Å². The highest BCUT2D eigenvalue weighted by Crippen LogP contribution is 2.34. The Morgan fingerprint density at radius 1 is 1.21 bits per heavy atom. The molecule has 0 fully saturated rings. The number of phenols is 1. The molecule has 2 N–H and O–H groups in total. The van der Waals surface area contributed by atoms with Gasteiger partial charge in [-0.3, -0.25) is 18.5 Å². The molecule has 0 aliphatic heterocycles. The number of hydrogen-bond acceptors (Lipinski definition) is 7. The van der Waals surface area contributed by atoms with E-state index in [1.165, 1.54) is 24.9 Å². The van der Waals surface area contributed by atoms with Gasteiger partial charge in [-0.1, -0.05) is 23.7 Å². The molecule has 34 heavy (non-hydrogen) atoms. The zero-order valence-corrected chi connectivity index (χ0v) is 20.8.